The van der Waals surface area contributed by atoms with Crippen molar-refractivity contribution in [1.82, 2.24) is 5.32 Å². The highest BCUT2D eigenvalue weighted by atomic mass is 19.1. The van der Waals surface area contributed by atoms with Crippen LogP contribution in [0.2, 0.25) is 0 Å². The van der Waals surface area contributed by atoms with Crippen molar-refractivity contribution in [3.8, 4) is 5.75 Å². The second-order valence-corrected chi connectivity index (χ2v) is 5.47. The number of rotatable bonds is 4. The minimum Gasteiger partial charge on any atom is -0.496 e. The molecule has 0 aliphatic carbocycles. The number of benzene rings is 1. The Bertz CT molecular complexity index is 428. The summed E-state index contributed by atoms with van der Waals surface area (Å²) >= 11 is 0. The Kier molecular flexibility index (Phi) is 4.42. The Morgan fingerprint density at radius 3 is 2.89 bits per heavy atom. The van der Waals surface area contributed by atoms with E-state index >= 15 is 0 Å². The smallest absolute Gasteiger partial charge is 0.125 e. The van der Waals surface area contributed by atoms with Gasteiger partial charge in [-0.15, -0.1) is 0 Å². The van der Waals surface area contributed by atoms with Crippen LogP contribution < -0.4 is 10.1 Å². The van der Waals surface area contributed by atoms with Gasteiger partial charge in [-0.1, -0.05) is 6.42 Å². The lowest BCUT2D eigenvalue weighted by atomic mass is 9.86. The van der Waals surface area contributed by atoms with Crippen LogP contribution in [0.4, 0.5) is 4.39 Å². The monoisotopic (exact) mass is 267 g/mol. The van der Waals surface area contributed by atoms with E-state index in [4.69, 9.17) is 4.74 Å². The molecule has 2 unspecified atom stereocenters. The fourth-order valence-corrected chi connectivity index (χ4v) is 2.79. The van der Waals surface area contributed by atoms with Crippen LogP contribution in [0.15, 0.2) is 18.2 Å². The molecule has 1 aliphatic heterocycles. The van der Waals surface area contributed by atoms with Crippen molar-refractivity contribution in [2.75, 3.05) is 13.7 Å². The number of piperidine rings is 1. The molecule has 0 saturated carbocycles. The second-order valence-electron chi connectivity index (χ2n) is 5.47. The fraction of sp³-hybridized carbons (Fsp3) is 0.600. The Morgan fingerprint density at radius 1 is 1.47 bits per heavy atom. The van der Waals surface area contributed by atoms with Crippen molar-refractivity contribution in [3.05, 3.63) is 29.6 Å². The number of nitrogens with one attached hydrogen (secondary N) is 1. The van der Waals surface area contributed by atoms with Crippen molar-refractivity contribution in [1.29, 1.82) is 0 Å². The second kappa shape index (κ2) is 5.88. The summed E-state index contributed by atoms with van der Waals surface area (Å²) in [6.45, 7) is 2.71. The predicted molar refractivity (Wildman–Crippen MR) is 72.8 cm³/mol. The highest BCUT2D eigenvalue weighted by Gasteiger charge is 2.31. The molecule has 0 aromatic heterocycles. The third-order valence-corrected chi connectivity index (χ3v) is 3.80. The van der Waals surface area contributed by atoms with Crippen LogP contribution in [0.5, 0.6) is 5.75 Å². The van der Waals surface area contributed by atoms with E-state index in [0.717, 1.165) is 13.0 Å². The molecule has 2 rings (SSSR count). The lowest BCUT2D eigenvalue weighted by Crippen LogP contribution is -2.39. The van der Waals surface area contributed by atoms with Crippen molar-refractivity contribution < 1.29 is 14.2 Å². The molecule has 0 bridgehead atoms. The lowest BCUT2D eigenvalue weighted by Gasteiger charge is -2.32. The minimum absolute atomic E-state index is 0.275. The molecular weight excluding hydrogens is 245 g/mol. The van der Waals surface area contributed by atoms with Crippen molar-refractivity contribution in [2.45, 2.75) is 44.2 Å². The van der Waals surface area contributed by atoms with Crippen LogP contribution in [0, 0.1) is 5.82 Å². The van der Waals surface area contributed by atoms with E-state index in [0.29, 0.717) is 17.7 Å². The van der Waals surface area contributed by atoms with Gasteiger partial charge in [-0.3, -0.25) is 0 Å². The zero-order valence-corrected chi connectivity index (χ0v) is 11.6. The standard InChI is InChI=1S/C15H22FNO2/c1-15(18,10-12-5-3-4-8-17-12)13-9-11(16)6-7-14(13)19-2/h6-7,9,12,17-18H,3-5,8,10H2,1-2H3. The van der Waals surface area contributed by atoms with Crippen molar-refractivity contribution in [2.24, 2.45) is 0 Å². The molecule has 1 saturated heterocycles. The number of methoxy groups -OCH3 is 1. The molecule has 0 spiro atoms. The minimum atomic E-state index is -1.09. The largest absolute Gasteiger partial charge is 0.496 e. The average molecular weight is 267 g/mol. The van der Waals surface area contributed by atoms with Gasteiger partial charge in [0.2, 0.25) is 0 Å². The van der Waals surface area contributed by atoms with Gasteiger partial charge in [0.25, 0.3) is 0 Å². The Labute approximate surface area is 113 Å². The first-order valence-electron chi connectivity index (χ1n) is 6.83. The quantitative estimate of drug-likeness (QED) is 0.881. The number of hydrogen-bond donors (Lipinski definition) is 2. The van der Waals surface area contributed by atoms with E-state index in [1.54, 1.807) is 13.0 Å². The SMILES string of the molecule is COc1ccc(F)cc1C(C)(O)CC1CCCCN1. The summed E-state index contributed by atoms with van der Waals surface area (Å²) in [5.74, 6) is 0.176. The van der Waals surface area contributed by atoms with Gasteiger partial charge in [0.15, 0.2) is 0 Å². The zero-order chi connectivity index (χ0) is 13.9. The van der Waals surface area contributed by atoms with Crippen LogP contribution >= 0.6 is 0 Å². The molecule has 19 heavy (non-hydrogen) atoms. The average Bonchev–Trinajstić information content (AvgIpc) is 2.39. The topological polar surface area (TPSA) is 41.5 Å². The van der Waals surface area contributed by atoms with Crippen LogP contribution in [-0.2, 0) is 5.60 Å². The predicted octanol–water partition coefficient (Wildman–Crippen LogP) is 2.57. The molecular formula is C15H22FNO2. The maximum atomic E-state index is 13.4. The maximum absolute atomic E-state index is 13.4. The summed E-state index contributed by atoms with van der Waals surface area (Å²) in [6.07, 6.45) is 3.97. The fourth-order valence-electron chi connectivity index (χ4n) is 2.79. The van der Waals surface area contributed by atoms with Crippen LogP contribution in [0.1, 0.15) is 38.2 Å². The zero-order valence-electron chi connectivity index (χ0n) is 11.6. The van der Waals surface area contributed by atoms with Gasteiger partial charge in [-0.05, 0) is 50.9 Å². The number of aliphatic hydroxyl groups is 1. The molecule has 1 fully saturated rings. The van der Waals surface area contributed by atoms with Gasteiger partial charge in [-0.2, -0.15) is 0 Å². The highest BCUT2D eigenvalue weighted by molar-refractivity contribution is 5.38. The van der Waals surface area contributed by atoms with Gasteiger partial charge in [0, 0.05) is 11.6 Å². The van der Waals surface area contributed by atoms with Gasteiger partial charge in [-0.25, -0.2) is 4.39 Å². The third-order valence-electron chi connectivity index (χ3n) is 3.80. The van der Waals surface area contributed by atoms with Gasteiger partial charge in [0.1, 0.15) is 11.6 Å². The summed E-state index contributed by atoms with van der Waals surface area (Å²) in [6, 6.07) is 4.54. The van der Waals surface area contributed by atoms with Crippen LogP contribution in [-0.4, -0.2) is 24.8 Å². The summed E-state index contributed by atoms with van der Waals surface area (Å²) in [4.78, 5) is 0. The molecule has 1 aliphatic rings. The molecule has 2 N–H and O–H groups in total. The Morgan fingerprint density at radius 2 is 2.26 bits per heavy atom. The molecule has 2 atom stereocenters. The lowest BCUT2D eigenvalue weighted by molar-refractivity contribution is 0.0307. The Balaban J connectivity index is 2.19. The molecule has 0 radical (unpaired) electrons. The van der Waals surface area contributed by atoms with E-state index in [1.165, 1.54) is 32.1 Å². The van der Waals surface area contributed by atoms with Gasteiger partial charge < -0.3 is 15.2 Å². The van der Waals surface area contributed by atoms with Crippen molar-refractivity contribution >= 4 is 0 Å². The first kappa shape index (κ1) is 14.3. The highest BCUT2D eigenvalue weighted by Crippen LogP contribution is 2.35. The molecule has 0 amide bonds. The molecule has 1 aromatic carbocycles. The van der Waals surface area contributed by atoms with E-state index in [-0.39, 0.29) is 11.9 Å². The third kappa shape index (κ3) is 3.45. The van der Waals surface area contributed by atoms with Gasteiger partial charge >= 0.3 is 0 Å². The normalized spacial score (nSPS) is 22.8. The summed E-state index contributed by atoms with van der Waals surface area (Å²) < 4.78 is 18.6. The van der Waals surface area contributed by atoms with Crippen LogP contribution in [0.3, 0.4) is 0 Å². The maximum Gasteiger partial charge on any atom is 0.125 e. The number of ether oxygens (including phenoxy) is 1. The number of halogens is 1. The first-order valence-corrected chi connectivity index (χ1v) is 6.83. The van der Waals surface area contributed by atoms with E-state index in [9.17, 15) is 9.50 Å². The molecule has 3 nitrogen and oxygen atoms in total. The Hall–Kier alpha value is -1.13. The summed E-state index contributed by atoms with van der Waals surface area (Å²) in [5, 5.41) is 14.1. The first-order chi connectivity index (χ1) is 9.03. The van der Waals surface area contributed by atoms with Gasteiger partial charge in [0.05, 0.1) is 12.7 Å². The molecule has 1 aromatic rings. The summed E-state index contributed by atoms with van der Waals surface area (Å²) in [7, 11) is 1.53. The molecule has 1 heterocycles. The van der Waals surface area contributed by atoms with E-state index < -0.39 is 5.60 Å². The number of hydrogen-bond acceptors (Lipinski definition) is 3. The molecule has 106 valence electrons. The van der Waals surface area contributed by atoms with Crippen molar-refractivity contribution in [3.63, 3.8) is 0 Å². The molecule has 4 heteroatoms. The van der Waals surface area contributed by atoms with E-state index in [1.807, 2.05) is 0 Å². The van der Waals surface area contributed by atoms with Crippen LogP contribution in [0.25, 0.3) is 0 Å². The summed E-state index contributed by atoms with van der Waals surface area (Å²) in [5.41, 5.74) is -0.579. The van der Waals surface area contributed by atoms with E-state index in [2.05, 4.69) is 5.32 Å².